The van der Waals surface area contributed by atoms with Gasteiger partial charge in [-0.05, 0) is 37.6 Å². The minimum atomic E-state index is -0.791. The number of likely N-dealkylation sites (N-methyl/N-ethyl adjacent to an activating group) is 1. The lowest BCUT2D eigenvalue weighted by molar-refractivity contribution is -0.129. The van der Waals surface area contributed by atoms with Crippen LogP contribution in [0.1, 0.15) is 34.8 Å². The summed E-state index contributed by atoms with van der Waals surface area (Å²) in [5.41, 5.74) is 11.5. The van der Waals surface area contributed by atoms with Gasteiger partial charge in [-0.2, -0.15) is 0 Å². The maximum atomic E-state index is 13.4. The number of nitrogens with one attached hydrogen (secondary N) is 2. The SMILES string of the molecule is CNC1(C(=O)N[C@@H](COC)c2ccc(Cl)cc2)CCN(c2ncnc(N)c2C(N)=O)CC1. The van der Waals surface area contributed by atoms with Gasteiger partial charge in [-0.25, -0.2) is 9.97 Å². The van der Waals surface area contributed by atoms with Crippen LogP contribution >= 0.6 is 11.6 Å². The first-order valence-electron chi connectivity index (χ1n) is 10.2. The van der Waals surface area contributed by atoms with E-state index in [1.54, 1.807) is 26.3 Å². The molecule has 10 nitrogen and oxygen atoms in total. The number of piperidine rings is 1. The van der Waals surface area contributed by atoms with Crippen molar-refractivity contribution in [3.8, 4) is 0 Å². The third kappa shape index (κ3) is 4.93. The fourth-order valence-electron chi connectivity index (χ4n) is 3.94. The molecular formula is C21H28ClN7O3. The normalized spacial score (nSPS) is 16.4. The summed E-state index contributed by atoms with van der Waals surface area (Å²) < 4.78 is 5.32. The Hall–Kier alpha value is -2.95. The number of methoxy groups -OCH3 is 1. The molecule has 32 heavy (non-hydrogen) atoms. The number of ether oxygens (including phenoxy) is 1. The average Bonchev–Trinajstić information content (AvgIpc) is 2.79. The summed E-state index contributed by atoms with van der Waals surface area (Å²) in [6, 6.07) is 6.97. The maximum Gasteiger partial charge on any atom is 0.256 e. The molecular weight excluding hydrogens is 434 g/mol. The van der Waals surface area contributed by atoms with Gasteiger partial charge in [0.05, 0.1) is 12.6 Å². The van der Waals surface area contributed by atoms with Crippen LogP contribution in [0.4, 0.5) is 11.6 Å². The number of rotatable bonds is 8. The van der Waals surface area contributed by atoms with Crippen LogP contribution in [-0.4, -0.2) is 61.2 Å². The Balaban J connectivity index is 1.75. The number of benzene rings is 1. The Morgan fingerprint density at radius 3 is 2.47 bits per heavy atom. The molecule has 2 heterocycles. The maximum absolute atomic E-state index is 13.4. The molecule has 172 valence electrons. The van der Waals surface area contributed by atoms with Crippen molar-refractivity contribution >= 4 is 35.1 Å². The highest BCUT2D eigenvalue weighted by Gasteiger charge is 2.41. The summed E-state index contributed by atoms with van der Waals surface area (Å²) in [4.78, 5) is 35.2. The number of hydrogen-bond acceptors (Lipinski definition) is 8. The molecule has 0 unspecified atom stereocenters. The zero-order valence-corrected chi connectivity index (χ0v) is 18.9. The molecule has 2 amide bonds. The van der Waals surface area contributed by atoms with Crippen molar-refractivity contribution in [1.82, 2.24) is 20.6 Å². The van der Waals surface area contributed by atoms with Gasteiger partial charge in [0.25, 0.3) is 5.91 Å². The van der Waals surface area contributed by atoms with Crippen LogP contribution in [-0.2, 0) is 9.53 Å². The molecule has 3 rings (SSSR count). The van der Waals surface area contributed by atoms with E-state index in [4.69, 9.17) is 27.8 Å². The van der Waals surface area contributed by atoms with Crippen LogP contribution < -0.4 is 27.0 Å². The Morgan fingerprint density at radius 2 is 1.91 bits per heavy atom. The summed E-state index contributed by atoms with van der Waals surface area (Å²) >= 11 is 5.99. The van der Waals surface area contributed by atoms with Crippen LogP contribution in [0.5, 0.6) is 0 Å². The van der Waals surface area contributed by atoms with E-state index in [-0.39, 0.29) is 23.3 Å². The molecule has 0 radical (unpaired) electrons. The molecule has 1 aromatic carbocycles. The predicted octanol–water partition coefficient (Wildman–Crippen LogP) is 0.873. The fourth-order valence-corrected chi connectivity index (χ4v) is 4.06. The smallest absolute Gasteiger partial charge is 0.256 e. The van der Waals surface area contributed by atoms with Gasteiger partial charge in [-0.3, -0.25) is 9.59 Å². The van der Waals surface area contributed by atoms with Crippen molar-refractivity contribution in [2.75, 3.05) is 44.5 Å². The number of nitrogens with zero attached hydrogens (tertiary/aromatic N) is 3. The lowest BCUT2D eigenvalue weighted by atomic mass is 9.86. The van der Waals surface area contributed by atoms with Gasteiger partial charge < -0.3 is 31.7 Å². The van der Waals surface area contributed by atoms with Gasteiger partial charge >= 0.3 is 0 Å². The van der Waals surface area contributed by atoms with Gasteiger partial charge in [-0.15, -0.1) is 0 Å². The van der Waals surface area contributed by atoms with Crippen LogP contribution in [0.25, 0.3) is 0 Å². The molecule has 0 saturated carbocycles. The van der Waals surface area contributed by atoms with Crippen LogP contribution in [0.15, 0.2) is 30.6 Å². The molecule has 1 aliphatic rings. The third-order valence-electron chi connectivity index (χ3n) is 5.84. The van der Waals surface area contributed by atoms with Gasteiger partial charge in [0.1, 0.15) is 29.1 Å². The van der Waals surface area contributed by atoms with Crippen LogP contribution in [0, 0.1) is 0 Å². The molecule has 1 fully saturated rings. The van der Waals surface area contributed by atoms with Crippen LogP contribution in [0.3, 0.4) is 0 Å². The van der Waals surface area contributed by atoms with E-state index >= 15 is 0 Å². The largest absolute Gasteiger partial charge is 0.383 e. The molecule has 0 spiro atoms. The molecule has 1 saturated heterocycles. The number of hydrogen-bond donors (Lipinski definition) is 4. The Morgan fingerprint density at radius 1 is 1.25 bits per heavy atom. The first-order valence-corrected chi connectivity index (χ1v) is 10.6. The first-order chi connectivity index (χ1) is 15.3. The van der Waals surface area contributed by atoms with Crippen molar-refractivity contribution in [2.45, 2.75) is 24.4 Å². The monoisotopic (exact) mass is 461 g/mol. The number of anilines is 2. The average molecular weight is 462 g/mol. The summed E-state index contributed by atoms with van der Waals surface area (Å²) in [6.07, 6.45) is 2.26. The van der Waals surface area contributed by atoms with E-state index < -0.39 is 11.4 Å². The second-order valence-corrected chi connectivity index (χ2v) is 8.11. The number of nitrogens with two attached hydrogens (primary N) is 2. The van der Waals surface area contributed by atoms with E-state index in [9.17, 15) is 9.59 Å². The Kier molecular flexibility index (Phi) is 7.49. The zero-order valence-electron chi connectivity index (χ0n) is 18.1. The Bertz CT molecular complexity index is 962. The van der Waals surface area contributed by atoms with Crippen LogP contribution in [0.2, 0.25) is 5.02 Å². The summed E-state index contributed by atoms with van der Waals surface area (Å²) in [5, 5.41) is 6.92. The summed E-state index contributed by atoms with van der Waals surface area (Å²) in [7, 11) is 3.35. The van der Waals surface area contributed by atoms with E-state index in [1.807, 2.05) is 17.0 Å². The van der Waals surface area contributed by atoms with Gasteiger partial charge in [0.2, 0.25) is 5.91 Å². The lowest BCUT2D eigenvalue weighted by Crippen LogP contribution is -2.61. The number of amides is 2. The highest BCUT2D eigenvalue weighted by Crippen LogP contribution is 2.29. The number of carbonyl (C=O) groups is 2. The first kappa shape index (κ1) is 23.7. The molecule has 6 N–H and O–H groups in total. The number of nitrogen functional groups attached to an aromatic ring is 1. The minimum Gasteiger partial charge on any atom is -0.383 e. The highest BCUT2D eigenvalue weighted by atomic mass is 35.5. The van der Waals surface area contributed by atoms with Crippen molar-refractivity contribution in [2.24, 2.45) is 5.73 Å². The summed E-state index contributed by atoms with van der Waals surface area (Å²) in [6.45, 7) is 1.27. The molecule has 0 aliphatic carbocycles. The predicted molar refractivity (Wildman–Crippen MR) is 122 cm³/mol. The minimum absolute atomic E-state index is 0.0380. The fraction of sp³-hybridized carbons (Fsp3) is 0.429. The van der Waals surface area contributed by atoms with Gasteiger partial charge in [0.15, 0.2) is 0 Å². The quantitative estimate of drug-likeness (QED) is 0.452. The highest BCUT2D eigenvalue weighted by molar-refractivity contribution is 6.30. The van der Waals surface area contributed by atoms with Gasteiger partial charge in [-0.1, -0.05) is 23.7 Å². The number of halogens is 1. The number of aromatic nitrogens is 2. The van der Waals surface area contributed by atoms with E-state index in [2.05, 4.69) is 20.6 Å². The van der Waals surface area contributed by atoms with E-state index in [0.717, 1.165) is 5.56 Å². The molecule has 1 atom stereocenters. The van der Waals surface area contributed by atoms with Crippen molar-refractivity contribution in [3.05, 3.63) is 46.7 Å². The molecule has 1 aliphatic heterocycles. The Labute approximate surface area is 191 Å². The molecule has 2 aromatic rings. The topological polar surface area (TPSA) is 148 Å². The molecule has 1 aromatic heterocycles. The number of primary amides is 1. The van der Waals surface area contributed by atoms with Crippen molar-refractivity contribution < 1.29 is 14.3 Å². The summed E-state index contributed by atoms with van der Waals surface area (Å²) in [5.74, 6) is -0.398. The zero-order chi connectivity index (χ0) is 23.3. The van der Waals surface area contributed by atoms with Crippen molar-refractivity contribution in [3.63, 3.8) is 0 Å². The van der Waals surface area contributed by atoms with E-state index in [0.29, 0.717) is 43.4 Å². The second kappa shape index (κ2) is 10.1. The van der Waals surface area contributed by atoms with Crippen molar-refractivity contribution in [1.29, 1.82) is 0 Å². The molecule has 0 bridgehead atoms. The molecule has 11 heteroatoms. The third-order valence-corrected chi connectivity index (χ3v) is 6.10. The number of carbonyl (C=O) groups excluding carboxylic acids is 2. The second-order valence-electron chi connectivity index (χ2n) is 7.67. The van der Waals surface area contributed by atoms with Gasteiger partial charge in [0, 0.05) is 25.2 Å². The lowest BCUT2D eigenvalue weighted by Gasteiger charge is -2.41. The van der Waals surface area contributed by atoms with E-state index in [1.165, 1.54) is 6.33 Å². The standard InChI is InChI=1S/C21H28ClN7O3/c1-25-21(20(31)28-15(11-32-2)13-3-5-14(22)6-4-13)7-9-29(10-8-21)19-16(18(24)30)17(23)26-12-27-19/h3-6,12,15,25H,7-11H2,1-2H3,(H2,24,30)(H,28,31)(H2,23,26,27)/t15-/m0/s1.